The molecule has 6 N–H and O–H groups in total. The first-order valence-electron chi connectivity index (χ1n) is 28.4. The number of nitrogens with zero attached hydrogens (tertiary/aromatic N) is 7. The number of rotatable bonds is 13. The number of aromatic amines is 2. The summed E-state index contributed by atoms with van der Waals surface area (Å²) in [5.41, 5.74) is 0.822. The summed E-state index contributed by atoms with van der Waals surface area (Å²) in [6.45, 7) is 2.34. The molecule has 2 aromatic heterocycles. The highest BCUT2D eigenvalue weighted by atomic mass is 19.2. The van der Waals surface area contributed by atoms with Crippen molar-refractivity contribution in [1.82, 2.24) is 40.4 Å². The van der Waals surface area contributed by atoms with Crippen LogP contribution in [0.2, 0.25) is 0 Å². The molecule has 0 bridgehead atoms. The van der Waals surface area contributed by atoms with Crippen molar-refractivity contribution in [3.63, 3.8) is 0 Å². The number of benzene rings is 4. The lowest BCUT2D eigenvalue weighted by molar-refractivity contribution is -0.137. The molecule has 8 heterocycles. The second kappa shape index (κ2) is 23.1. The minimum Gasteiger partial charge on any atom is -0.465 e. The zero-order chi connectivity index (χ0) is 57.8. The van der Waals surface area contributed by atoms with Crippen LogP contribution >= 0.6 is 0 Å². The third kappa shape index (κ3) is 10.8. The smallest absolute Gasteiger partial charge is 0.405 e. The number of likely N-dealkylation sites (tertiary alicyclic amines) is 2. The van der Waals surface area contributed by atoms with E-state index in [-0.39, 0.29) is 90.1 Å². The SMILES string of the molecule is O=C(O)NC(C(=O)N1CCCC1c1nc2cc(F)c([C@H]3CC[C@@H](c4cc5[nH]c(C6CCCN6C(=O)[C@@H](NC(=O)O)C6CCOCC6)nc5cc4F)N3c3cc(F)c(N4CCN(c5c(F)cccc5F)CC4)c(F)c3)cc2[nH]1)C1CCOCC1. The van der Waals surface area contributed by atoms with Gasteiger partial charge in [0, 0.05) is 94.6 Å². The molecule has 6 aliphatic heterocycles. The van der Waals surface area contributed by atoms with Crippen molar-refractivity contribution in [2.24, 2.45) is 11.8 Å². The topological polar surface area (TPSA) is 225 Å². The fourth-order valence-corrected chi connectivity index (χ4v) is 13.8. The first-order chi connectivity index (χ1) is 40.1. The van der Waals surface area contributed by atoms with Crippen molar-refractivity contribution in [2.45, 2.75) is 100 Å². The van der Waals surface area contributed by atoms with Gasteiger partial charge in [-0.3, -0.25) is 9.59 Å². The number of H-pyrrole nitrogens is 2. The lowest BCUT2D eigenvalue weighted by atomic mass is 9.90. The van der Waals surface area contributed by atoms with Crippen LogP contribution in [-0.2, 0) is 19.1 Å². The summed E-state index contributed by atoms with van der Waals surface area (Å²) in [6.07, 6.45) is 1.83. The third-order valence-electron chi connectivity index (χ3n) is 17.8. The van der Waals surface area contributed by atoms with Crippen LogP contribution in [0.5, 0.6) is 0 Å². The monoisotopic (exact) mass is 1160 g/mol. The molecule has 6 atom stereocenters. The highest BCUT2D eigenvalue weighted by Gasteiger charge is 2.44. The van der Waals surface area contributed by atoms with E-state index in [4.69, 9.17) is 19.4 Å². The van der Waals surface area contributed by atoms with Crippen LogP contribution in [-0.4, -0.2) is 142 Å². The van der Waals surface area contributed by atoms with Crippen molar-refractivity contribution in [1.29, 1.82) is 0 Å². The molecule has 0 aliphatic carbocycles. The molecule has 0 radical (unpaired) electrons. The number of hydrogen-bond donors (Lipinski definition) is 6. The molecular weight excluding hydrogens is 1090 g/mol. The van der Waals surface area contributed by atoms with Crippen molar-refractivity contribution >= 4 is 63.1 Å². The summed E-state index contributed by atoms with van der Waals surface area (Å²) in [7, 11) is 0. The number of aromatic nitrogens is 4. The zero-order valence-electron chi connectivity index (χ0n) is 45.2. The van der Waals surface area contributed by atoms with Gasteiger partial charge in [-0.2, -0.15) is 0 Å². The van der Waals surface area contributed by atoms with Gasteiger partial charge in [0.15, 0.2) is 11.6 Å². The number of carbonyl (C=O) groups is 4. The molecule has 4 amide bonds. The highest BCUT2D eigenvalue weighted by molar-refractivity contribution is 5.87. The van der Waals surface area contributed by atoms with Gasteiger partial charge in [0.25, 0.3) is 0 Å². The molecule has 19 nitrogen and oxygen atoms in total. The van der Waals surface area contributed by atoms with Gasteiger partial charge in [0.05, 0.1) is 46.2 Å². The van der Waals surface area contributed by atoms with E-state index >= 15 is 17.6 Å². The molecule has 83 heavy (non-hydrogen) atoms. The van der Waals surface area contributed by atoms with Gasteiger partial charge in [0.1, 0.15) is 58.4 Å². The van der Waals surface area contributed by atoms with E-state index in [1.165, 1.54) is 28.0 Å². The van der Waals surface area contributed by atoms with E-state index < -0.39 is 95.2 Å². The fourth-order valence-electron chi connectivity index (χ4n) is 13.8. The van der Waals surface area contributed by atoms with Crippen LogP contribution in [0.25, 0.3) is 22.1 Å². The summed E-state index contributed by atoms with van der Waals surface area (Å²) in [6, 6.07) is 6.24. The molecule has 0 spiro atoms. The van der Waals surface area contributed by atoms with Crippen molar-refractivity contribution in [2.75, 3.05) is 80.4 Å². The molecule has 6 aromatic rings. The fraction of sp³-hybridized carbons (Fsp3) is 0.483. The number of halogens is 6. The lowest BCUT2D eigenvalue weighted by Crippen LogP contribution is -2.52. The van der Waals surface area contributed by atoms with E-state index in [0.29, 0.717) is 114 Å². The maximum atomic E-state index is 17.1. The molecule has 440 valence electrons. The van der Waals surface area contributed by atoms with Gasteiger partial charge in [-0.05, 0) is 112 Å². The van der Waals surface area contributed by atoms with Crippen LogP contribution in [0.4, 0.5) is 53.0 Å². The molecule has 12 rings (SSSR count). The molecule has 25 heteroatoms. The summed E-state index contributed by atoms with van der Waals surface area (Å²) in [4.78, 5) is 76.2. The Bertz CT molecular complexity index is 3250. The number of carbonyl (C=O) groups excluding carboxylic acids is 2. The van der Waals surface area contributed by atoms with Gasteiger partial charge in [-0.1, -0.05) is 6.07 Å². The molecule has 6 aliphatic rings. The number of carboxylic acid groups (broad SMARTS) is 2. The number of anilines is 3. The van der Waals surface area contributed by atoms with Gasteiger partial charge < -0.3 is 64.8 Å². The Morgan fingerprint density at radius 3 is 1.34 bits per heavy atom. The Labute approximate surface area is 472 Å². The lowest BCUT2D eigenvalue weighted by Gasteiger charge is -2.38. The van der Waals surface area contributed by atoms with Gasteiger partial charge in [-0.15, -0.1) is 0 Å². The maximum Gasteiger partial charge on any atom is 0.405 e. The minimum atomic E-state index is -1.33. The predicted molar refractivity (Wildman–Crippen MR) is 291 cm³/mol. The number of imidazole rings is 2. The Morgan fingerprint density at radius 1 is 0.518 bits per heavy atom. The van der Waals surface area contributed by atoms with E-state index in [9.17, 15) is 38.2 Å². The molecule has 4 aromatic carbocycles. The molecule has 6 fully saturated rings. The van der Waals surface area contributed by atoms with Crippen LogP contribution in [0.15, 0.2) is 54.6 Å². The Morgan fingerprint density at radius 2 is 0.928 bits per heavy atom. The second-order valence-electron chi connectivity index (χ2n) is 22.5. The minimum absolute atomic E-state index is 0.00970. The normalized spacial score (nSPS) is 22.7. The first kappa shape index (κ1) is 55.7. The quantitative estimate of drug-likeness (QED) is 0.0594. The van der Waals surface area contributed by atoms with Gasteiger partial charge >= 0.3 is 12.2 Å². The number of nitrogens with one attached hydrogen (secondary N) is 4. The Kier molecular flexibility index (Phi) is 15.5. The van der Waals surface area contributed by atoms with Crippen LogP contribution in [0, 0.1) is 46.7 Å². The van der Waals surface area contributed by atoms with E-state index in [2.05, 4.69) is 20.6 Å². The molecule has 3 unspecified atom stereocenters. The van der Waals surface area contributed by atoms with E-state index in [1.807, 2.05) is 0 Å². The molecular formula is C58H63F6N11O8. The average molecular weight is 1160 g/mol. The van der Waals surface area contributed by atoms with E-state index in [1.54, 1.807) is 26.8 Å². The van der Waals surface area contributed by atoms with Crippen molar-refractivity contribution < 1.29 is 65.2 Å². The maximum absolute atomic E-state index is 17.1. The number of amides is 4. The highest BCUT2D eigenvalue weighted by Crippen LogP contribution is 2.50. The summed E-state index contributed by atoms with van der Waals surface area (Å²) < 4.78 is 108. The Hall–Kier alpha value is -7.80. The van der Waals surface area contributed by atoms with Crippen molar-refractivity contribution in [3.8, 4) is 0 Å². The van der Waals surface area contributed by atoms with Crippen LogP contribution in [0.3, 0.4) is 0 Å². The largest absolute Gasteiger partial charge is 0.465 e. The first-order valence-corrected chi connectivity index (χ1v) is 28.4. The van der Waals surface area contributed by atoms with Crippen molar-refractivity contribution in [3.05, 3.63) is 112 Å². The number of para-hydroxylation sites is 1. The summed E-state index contributed by atoms with van der Waals surface area (Å²) in [5, 5.41) is 24.4. The van der Waals surface area contributed by atoms with Crippen LogP contribution < -0.4 is 25.3 Å². The summed E-state index contributed by atoms with van der Waals surface area (Å²) >= 11 is 0. The summed E-state index contributed by atoms with van der Waals surface area (Å²) in [5.74, 6) is -5.54. The van der Waals surface area contributed by atoms with Crippen LogP contribution in [0.1, 0.15) is 111 Å². The van der Waals surface area contributed by atoms with Gasteiger partial charge in [-0.25, -0.2) is 45.9 Å². The van der Waals surface area contributed by atoms with E-state index in [0.717, 1.165) is 24.3 Å². The second-order valence-corrected chi connectivity index (χ2v) is 22.5. The molecule has 0 saturated carbocycles. The predicted octanol–water partition coefficient (Wildman–Crippen LogP) is 9.14. The zero-order valence-corrected chi connectivity index (χ0v) is 45.2. The average Bonchev–Trinajstić information content (AvgIpc) is 3.80. The standard InChI is InChI=1S/C58H63F6N11O8/c59-35-4-1-5-36(60)51(35)71-16-18-72(19-17-71)52-39(63)24-32(25-40(52)64)75-45(33-26-41-43(28-37(33)61)67-53(65-41)47-6-2-14-73(47)55(76)49(69-57(78)79)30-10-20-82-21-11-30)8-9-46(75)34-27-42-44(29-38(34)62)68-54(66-42)48-7-3-15-74(48)56(77)50(70-58(80)81)31-12-22-83-23-13-31/h1,4-5,24-31,45-50,69-70H,2-3,6-23H2,(H,65,67)(H,66,68)(H,78,79)(H,80,81)/t45-,46+,47?,48?,49-,50?/m0/s1. The Balaban J connectivity index is 0.875. The number of ether oxygens (including phenoxy) is 2. The number of piperazine rings is 1. The number of fused-ring (bicyclic) bond motifs is 2. The molecule has 6 saturated heterocycles. The van der Waals surface area contributed by atoms with Gasteiger partial charge in [0.2, 0.25) is 11.8 Å². The third-order valence-corrected chi connectivity index (χ3v) is 17.8. The number of hydrogen-bond acceptors (Lipinski definition) is 11.